The van der Waals surface area contributed by atoms with E-state index in [4.69, 9.17) is 9.97 Å². The molecule has 4 heterocycles. The molecule has 3 N–H and O–H groups in total. The van der Waals surface area contributed by atoms with Crippen LogP contribution in [0.2, 0.25) is 0 Å². The third-order valence-electron chi connectivity index (χ3n) is 9.02. The van der Waals surface area contributed by atoms with Crippen molar-refractivity contribution in [2.24, 2.45) is 11.3 Å². The Balaban J connectivity index is 1.21. The Morgan fingerprint density at radius 2 is 1.84 bits per heavy atom. The number of thiazole rings is 1. The number of hydrogen-bond acceptors (Lipinski definition) is 9. The van der Waals surface area contributed by atoms with E-state index in [1.807, 2.05) is 24.3 Å². The minimum Gasteiger partial charge on any atom is -0.492 e. The Kier molecular flexibility index (Phi) is 8.44. The van der Waals surface area contributed by atoms with Gasteiger partial charge in [0, 0.05) is 37.0 Å². The second-order valence-corrected chi connectivity index (χ2v) is 14.0. The summed E-state index contributed by atoms with van der Waals surface area (Å²) in [7, 11) is 0. The number of benzene rings is 1. The molecule has 1 aromatic carbocycles. The van der Waals surface area contributed by atoms with E-state index >= 15 is 0 Å². The second kappa shape index (κ2) is 12.3. The lowest BCUT2D eigenvalue weighted by Crippen LogP contribution is -2.38. The molecule has 2 atom stereocenters. The zero-order chi connectivity index (χ0) is 30.1. The molecule has 6 rings (SSSR count). The molecule has 0 radical (unpaired) electrons. The fourth-order valence-corrected chi connectivity index (χ4v) is 7.05. The second-order valence-electron chi connectivity index (χ2n) is 13.0. The van der Waals surface area contributed by atoms with Gasteiger partial charge in [0.25, 0.3) is 5.91 Å². The lowest BCUT2D eigenvalue weighted by molar-refractivity contribution is 0.0795. The normalized spacial score (nSPS) is 18.8. The van der Waals surface area contributed by atoms with Gasteiger partial charge < -0.3 is 20.4 Å². The number of aliphatic hydroxyl groups is 1. The number of aliphatic hydroxyl groups excluding tert-OH is 1. The average molecular weight is 601 g/mol. The lowest BCUT2D eigenvalue weighted by atomic mass is 9.71. The third-order valence-corrected chi connectivity index (χ3v) is 9.99. The summed E-state index contributed by atoms with van der Waals surface area (Å²) in [5, 5.41) is 30.9. The zero-order valence-electron chi connectivity index (χ0n) is 25.1. The molecule has 226 valence electrons. The number of aromatic hydroxyl groups is 1. The zero-order valence-corrected chi connectivity index (χ0v) is 25.9. The first-order chi connectivity index (χ1) is 20.6. The monoisotopic (exact) mass is 600 g/mol. The molecule has 1 amide bonds. The first kappa shape index (κ1) is 29.6. The number of likely N-dealkylation sites (tertiary alicyclic amines) is 1. The number of nitrogens with one attached hydrogen (secondary N) is 1. The van der Waals surface area contributed by atoms with Gasteiger partial charge in [0.05, 0.1) is 17.8 Å². The van der Waals surface area contributed by atoms with E-state index in [2.05, 4.69) is 47.3 Å². The molecule has 4 aromatic rings. The Labute approximate surface area is 256 Å². The predicted octanol–water partition coefficient (Wildman–Crippen LogP) is 5.32. The van der Waals surface area contributed by atoms with Crippen molar-refractivity contribution in [2.75, 3.05) is 19.6 Å². The van der Waals surface area contributed by atoms with Gasteiger partial charge in [-0.25, -0.2) is 9.97 Å². The SMILES string of the molecule is CC(C)(C)[C@H]1CCc2nc3sc(C(=O)N[C@H](CCN4CCC(O)CC4)c4ccc(-c5ccc(O)nn5)cc4)nc3cc2C1. The highest BCUT2D eigenvalue weighted by Crippen LogP contribution is 2.38. The van der Waals surface area contributed by atoms with Crippen molar-refractivity contribution in [2.45, 2.75) is 71.4 Å². The number of amides is 1. The molecule has 9 nitrogen and oxygen atoms in total. The van der Waals surface area contributed by atoms with Crippen LogP contribution in [0.15, 0.2) is 42.5 Å². The topological polar surface area (TPSA) is 124 Å². The summed E-state index contributed by atoms with van der Waals surface area (Å²) in [5.74, 6) is 0.297. The summed E-state index contributed by atoms with van der Waals surface area (Å²) in [5.41, 5.74) is 5.98. The largest absolute Gasteiger partial charge is 0.492 e. The van der Waals surface area contributed by atoms with Gasteiger partial charge in [-0.1, -0.05) is 56.4 Å². The number of carbonyl (C=O) groups excluding carboxylic acids is 1. The predicted molar refractivity (Wildman–Crippen MR) is 168 cm³/mol. The van der Waals surface area contributed by atoms with Crippen molar-refractivity contribution in [3.05, 3.63) is 64.3 Å². The Morgan fingerprint density at radius 3 is 2.53 bits per heavy atom. The molecular weight excluding hydrogens is 560 g/mol. The van der Waals surface area contributed by atoms with E-state index in [0.717, 1.165) is 85.3 Å². The third kappa shape index (κ3) is 6.87. The van der Waals surface area contributed by atoms with Crippen LogP contribution in [0.5, 0.6) is 5.88 Å². The molecule has 43 heavy (non-hydrogen) atoms. The summed E-state index contributed by atoms with van der Waals surface area (Å²) in [6, 6.07) is 13.1. The van der Waals surface area contributed by atoms with Crippen LogP contribution in [-0.4, -0.2) is 66.9 Å². The van der Waals surface area contributed by atoms with Crippen molar-refractivity contribution in [3.63, 3.8) is 0 Å². The van der Waals surface area contributed by atoms with Gasteiger partial charge in [0.1, 0.15) is 10.3 Å². The number of hydrogen-bond donors (Lipinski definition) is 3. The van der Waals surface area contributed by atoms with Crippen LogP contribution in [0.3, 0.4) is 0 Å². The molecule has 0 saturated carbocycles. The summed E-state index contributed by atoms with van der Waals surface area (Å²) in [4.78, 5) is 26.5. The summed E-state index contributed by atoms with van der Waals surface area (Å²) in [6.45, 7) is 9.43. The van der Waals surface area contributed by atoms with Gasteiger partial charge in [0.15, 0.2) is 5.01 Å². The van der Waals surface area contributed by atoms with Gasteiger partial charge >= 0.3 is 0 Å². The molecule has 2 aliphatic rings. The van der Waals surface area contributed by atoms with E-state index in [9.17, 15) is 15.0 Å². The van der Waals surface area contributed by atoms with Crippen molar-refractivity contribution < 1.29 is 15.0 Å². The number of pyridine rings is 1. The van der Waals surface area contributed by atoms with E-state index in [1.54, 1.807) is 6.07 Å². The van der Waals surface area contributed by atoms with Crippen LogP contribution >= 0.6 is 11.3 Å². The van der Waals surface area contributed by atoms with E-state index < -0.39 is 0 Å². The number of piperidine rings is 1. The van der Waals surface area contributed by atoms with Crippen molar-refractivity contribution in [1.82, 2.24) is 30.4 Å². The van der Waals surface area contributed by atoms with Crippen LogP contribution in [0, 0.1) is 11.3 Å². The van der Waals surface area contributed by atoms with Crippen LogP contribution in [0.25, 0.3) is 21.6 Å². The van der Waals surface area contributed by atoms with Gasteiger partial charge in [0.2, 0.25) is 5.88 Å². The highest BCUT2D eigenvalue weighted by atomic mass is 32.1. The lowest BCUT2D eigenvalue weighted by Gasteiger charge is -2.34. The van der Waals surface area contributed by atoms with Crippen LogP contribution < -0.4 is 5.32 Å². The molecule has 0 unspecified atom stereocenters. The maximum absolute atomic E-state index is 13.6. The summed E-state index contributed by atoms with van der Waals surface area (Å²) >= 11 is 1.36. The Hall–Kier alpha value is -3.47. The fraction of sp³-hybridized carbons (Fsp3) is 0.485. The smallest absolute Gasteiger partial charge is 0.280 e. The van der Waals surface area contributed by atoms with Gasteiger partial charge in [-0.15, -0.1) is 10.2 Å². The van der Waals surface area contributed by atoms with Crippen molar-refractivity contribution >= 4 is 27.6 Å². The number of rotatable bonds is 7. The molecule has 0 spiro atoms. The van der Waals surface area contributed by atoms with E-state index in [1.165, 1.54) is 23.0 Å². The van der Waals surface area contributed by atoms with Crippen LogP contribution in [-0.2, 0) is 12.8 Å². The van der Waals surface area contributed by atoms with E-state index in [-0.39, 0.29) is 29.3 Å². The van der Waals surface area contributed by atoms with Gasteiger partial charge in [-0.3, -0.25) is 4.79 Å². The average Bonchev–Trinajstić information content (AvgIpc) is 3.41. The maximum atomic E-state index is 13.6. The standard InChI is InChI=1S/C33H40N6O3S/c1-33(2,3)23-8-9-25-22(18-23)19-28-31(35-25)43-32(36-28)30(42)34-26(14-17-39-15-12-24(40)13-16-39)20-4-6-21(7-5-20)27-10-11-29(41)38-37-27/h4-7,10-11,19,23-24,26,40H,8-9,12-18H2,1-3H3,(H,34,42)(H,38,41)/t23-,26+/m0/s1. The highest BCUT2D eigenvalue weighted by Gasteiger charge is 2.30. The number of aryl methyl sites for hydroxylation is 1. The number of fused-ring (bicyclic) bond motifs is 2. The number of aromatic nitrogens is 4. The number of carbonyl (C=O) groups is 1. The molecule has 0 bridgehead atoms. The fourth-order valence-electron chi connectivity index (χ4n) is 6.21. The van der Waals surface area contributed by atoms with Crippen molar-refractivity contribution in [1.29, 1.82) is 0 Å². The molecule has 3 aromatic heterocycles. The molecule has 1 aliphatic heterocycles. The van der Waals surface area contributed by atoms with Crippen LogP contribution in [0.1, 0.15) is 79.1 Å². The molecular formula is C33H40N6O3S. The minimum atomic E-state index is -0.222. The van der Waals surface area contributed by atoms with Gasteiger partial charge in [-0.2, -0.15) is 0 Å². The molecule has 1 aliphatic carbocycles. The quantitative estimate of drug-likeness (QED) is 0.260. The minimum absolute atomic E-state index is 0.118. The number of nitrogens with zero attached hydrogens (tertiary/aromatic N) is 5. The Bertz CT molecular complexity index is 1570. The first-order valence-corrected chi connectivity index (χ1v) is 16.1. The summed E-state index contributed by atoms with van der Waals surface area (Å²) in [6.07, 6.45) is 5.16. The molecule has 1 saturated heterocycles. The van der Waals surface area contributed by atoms with Crippen molar-refractivity contribution in [3.8, 4) is 17.1 Å². The molecule has 10 heteroatoms. The summed E-state index contributed by atoms with van der Waals surface area (Å²) < 4.78 is 0. The first-order valence-electron chi connectivity index (χ1n) is 15.3. The van der Waals surface area contributed by atoms with Crippen LogP contribution in [0.4, 0.5) is 0 Å². The highest BCUT2D eigenvalue weighted by molar-refractivity contribution is 7.19. The van der Waals surface area contributed by atoms with E-state index in [0.29, 0.717) is 16.6 Å². The Morgan fingerprint density at radius 1 is 1.07 bits per heavy atom. The molecule has 1 fully saturated rings. The maximum Gasteiger partial charge on any atom is 0.280 e. The van der Waals surface area contributed by atoms with Gasteiger partial charge in [-0.05, 0) is 73.1 Å².